The minimum atomic E-state index is -0.834. The van der Waals surface area contributed by atoms with E-state index in [0.717, 1.165) is 36.1 Å². The third kappa shape index (κ3) is 5.20. The van der Waals surface area contributed by atoms with Gasteiger partial charge in [-0.3, -0.25) is 14.5 Å². The zero-order chi connectivity index (χ0) is 21.6. The summed E-state index contributed by atoms with van der Waals surface area (Å²) in [6, 6.07) is 18.2. The Morgan fingerprint density at radius 3 is 2.35 bits per heavy atom. The van der Waals surface area contributed by atoms with Crippen LogP contribution in [0.2, 0.25) is 0 Å². The minimum Gasteiger partial charge on any atom is -0.351 e. The number of thiophene rings is 1. The number of halogens is 1. The van der Waals surface area contributed by atoms with Gasteiger partial charge in [0.05, 0.1) is 6.42 Å². The van der Waals surface area contributed by atoms with Gasteiger partial charge >= 0.3 is 0 Å². The Balaban J connectivity index is 1.73. The number of carbonyl (C=O) groups excluding carboxylic acids is 2. The lowest BCUT2D eigenvalue weighted by molar-refractivity contribution is -0.127. The van der Waals surface area contributed by atoms with Gasteiger partial charge in [0, 0.05) is 16.6 Å². The third-order valence-electron chi connectivity index (χ3n) is 5.60. The normalized spacial score (nSPS) is 14.9. The summed E-state index contributed by atoms with van der Waals surface area (Å²) in [5.41, 5.74) is 1.22. The molecule has 1 heterocycles. The molecule has 2 amide bonds. The van der Waals surface area contributed by atoms with Gasteiger partial charge in [-0.15, -0.1) is 11.3 Å². The molecular formula is C25H25FN2O2S. The summed E-state index contributed by atoms with van der Waals surface area (Å²) in [5.74, 6) is -0.799. The van der Waals surface area contributed by atoms with E-state index in [1.54, 1.807) is 12.1 Å². The Kier molecular flexibility index (Phi) is 6.77. The molecule has 1 aromatic heterocycles. The predicted molar refractivity (Wildman–Crippen MR) is 121 cm³/mol. The summed E-state index contributed by atoms with van der Waals surface area (Å²) in [6.45, 7) is 0. The topological polar surface area (TPSA) is 49.4 Å². The van der Waals surface area contributed by atoms with E-state index < -0.39 is 6.04 Å². The number of hydrogen-bond donors (Lipinski definition) is 1. The van der Waals surface area contributed by atoms with Crippen molar-refractivity contribution >= 4 is 28.8 Å². The van der Waals surface area contributed by atoms with Gasteiger partial charge in [0.25, 0.3) is 0 Å². The van der Waals surface area contributed by atoms with Crippen LogP contribution in [-0.2, 0) is 16.0 Å². The monoisotopic (exact) mass is 436 g/mol. The molecule has 6 heteroatoms. The molecule has 1 aliphatic rings. The molecule has 3 aromatic rings. The zero-order valence-corrected chi connectivity index (χ0v) is 18.0. The largest absolute Gasteiger partial charge is 0.351 e. The maximum absolute atomic E-state index is 13.6. The predicted octanol–water partition coefficient (Wildman–Crippen LogP) is 5.26. The van der Waals surface area contributed by atoms with Gasteiger partial charge in [0.2, 0.25) is 11.8 Å². The average Bonchev–Trinajstić information content (AvgIpc) is 3.47. The van der Waals surface area contributed by atoms with E-state index in [9.17, 15) is 14.0 Å². The lowest BCUT2D eigenvalue weighted by Gasteiger charge is -2.32. The van der Waals surface area contributed by atoms with Crippen LogP contribution in [0.15, 0.2) is 72.1 Å². The zero-order valence-electron chi connectivity index (χ0n) is 17.2. The molecule has 1 saturated carbocycles. The number of benzene rings is 2. The van der Waals surface area contributed by atoms with Crippen molar-refractivity contribution in [2.24, 2.45) is 0 Å². The molecule has 2 aromatic carbocycles. The number of amides is 2. The summed E-state index contributed by atoms with van der Waals surface area (Å²) < 4.78 is 13.6. The number of carbonyl (C=O) groups is 2. The lowest BCUT2D eigenvalue weighted by Crippen LogP contribution is -2.46. The van der Waals surface area contributed by atoms with Crippen molar-refractivity contribution in [1.82, 2.24) is 5.32 Å². The molecule has 0 aliphatic heterocycles. The smallest absolute Gasteiger partial charge is 0.248 e. The molecule has 0 saturated heterocycles. The van der Waals surface area contributed by atoms with Crippen LogP contribution in [0.1, 0.15) is 42.2 Å². The van der Waals surface area contributed by atoms with E-state index in [-0.39, 0.29) is 30.1 Å². The number of rotatable bonds is 7. The van der Waals surface area contributed by atoms with Gasteiger partial charge in [-0.25, -0.2) is 4.39 Å². The fraction of sp³-hybridized carbons (Fsp3) is 0.280. The average molecular weight is 437 g/mol. The molecular weight excluding hydrogens is 411 g/mol. The molecule has 160 valence electrons. The molecule has 0 radical (unpaired) electrons. The second-order valence-corrected chi connectivity index (χ2v) is 8.83. The highest BCUT2D eigenvalue weighted by Crippen LogP contribution is 2.30. The quantitative estimate of drug-likeness (QED) is 0.549. The fourth-order valence-corrected chi connectivity index (χ4v) is 4.79. The van der Waals surface area contributed by atoms with Crippen molar-refractivity contribution in [2.45, 2.75) is 44.2 Å². The van der Waals surface area contributed by atoms with Crippen LogP contribution in [-0.4, -0.2) is 17.9 Å². The lowest BCUT2D eigenvalue weighted by atomic mass is 10.0. The minimum absolute atomic E-state index is 0.126. The maximum atomic E-state index is 13.6. The Morgan fingerprint density at radius 2 is 1.71 bits per heavy atom. The van der Waals surface area contributed by atoms with Crippen molar-refractivity contribution in [3.63, 3.8) is 0 Å². The van der Waals surface area contributed by atoms with Gasteiger partial charge in [0.15, 0.2) is 0 Å². The van der Waals surface area contributed by atoms with Gasteiger partial charge in [-0.05, 0) is 54.1 Å². The first kappa shape index (κ1) is 21.2. The molecule has 0 spiro atoms. The van der Waals surface area contributed by atoms with Crippen molar-refractivity contribution in [1.29, 1.82) is 0 Å². The van der Waals surface area contributed by atoms with Crippen LogP contribution in [0.3, 0.4) is 0 Å². The second-order valence-electron chi connectivity index (χ2n) is 7.80. The van der Waals surface area contributed by atoms with Crippen LogP contribution in [0.25, 0.3) is 0 Å². The molecule has 1 aliphatic carbocycles. The highest BCUT2D eigenvalue weighted by atomic mass is 32.1. The summed E-state index contributed by atoms with van der Waals surface area (Å²) in [7, 11) is 0. The summed E-state index contributed by atoms with van der Waals surface area (Å²) in [4.78, 5) is 29.5. The van der Waals surface area contributed by atoms with Crippen LogP contribution >= 0.6 is 11.3 Å². The van der Waals surface area contributed by atoms with Crippen LogP contribution in [0, 0.1) is 5.82 Å². The van der Waals surface area contributed by atoms with Crippen LogP contribution < -0.4 is 10.2 Å². The van der Waals surface area contributed by atoms with Crippen LogP contribution in [0.5, 0.6) is 0 Å². The summed E-state index contributed by atoms with van der Waals surface area (Å²) in [6.07, 6.45) is 4.27. The van der Waals surface area contributed by atoms with E-state index in [1.165, 1.54) is 28.4 Å². The second kappa shape index (κ2) is 9.88. The van der Waals surface area contributed by atoms with E-state index in [1.807, 2.05) is 47.8 Å². The van der Waals surface area contributed by atoms with Gasteiger partial charge in [-0.2, -0.15) is 0 Å². The molecule has 1 atom stereocenters. The van der Waals surface area contributed by atoms with E-state index in [4.69, 9.17) is 0 Å². The summed E-state index contributed by atoms with van der Waals surface area (Å²) >= 11 is 1.50. The highest BCUT2D eigenvalue weighted by molar-refractivity contribution is 7.10. The van der Waals surface area contributed by atoms with E-state index >= 15 is 0 Å². The van der Waals surface area contributed by atoms with E-state index in [0.29, 0.717) is 5.69 Å². The number of anilines is 1. The van der Waals surface area contributed by atoms with Crippen molar-refractivity contribution in [3.8, 4) is 0 Å². The van der Waals surface area contributed by atoms with Crippen molar-refractivity contribution < 1.29 is 14.0 Å². The molecule has 1 N–H and O–H groups in total. The van der Waals surface area contributed by atoms with Crippen LogP contribution in [0.4, 0.5) is 10.1 Å². The number of hydrogen-bond acceptors (Lipinski definition) is 3. The van der Waals surface area contributed by atoms with Gasteiger partial charge in [0.1, 0.15) is 11.9 Å². The Bertz CT molecular complexity index is 1000. The molecule has 31 heavy (non-hydrogen) atoms. The third-order valence-corrected chi connectivity index (χ3v) is 6.48. The Morgan fingerprint density at radius 1 is 1.00 bits per heavy atom. The molecule has 4 rings (SSSR count). The summed E-state index contributed by atoms with van der Waals surface area (Å²) in [5, 5.41) is 5.07. The van der Waals surface area contributed by atoms with Crippen molar-refractivity contribution in [2.75, 3.05) is 4.90 Å². The molecule has 4 nitrogen and oxygen atoms in total. The standard InChI is InChI=1S/C25H25FN2O2S/c26-19-12-14-21(15-13-19)28(23(29)17-22-11-6-16-31-22)24(18-7-2-1-3-8-18)25(30)27-20-9-4-5-10-20/h1-3,6-8,11-16,20,24H,4-5,9-10,17H2,(H,27,30). The van der Waals surface area contributed by atoms with Crippen molar-refractivity contribution in [3.05, 3.63) is 88.4 Å². The van der Waals surface area contributed by atoms with Gasteiger partial charge < -0.3 is 5.32 Å². The molecule has 1 fully saturated rings. The number of nitrogens with one attached hydrogen (secondary N) is 1. The first-order chi connectivity index (χ1) is 15.1. The first-order valence-corrected chi connectivity index (χ1v) is 11.4. The number of nitrogens with zero attached hydrogens (tertiary/aromatic N) is 1. The first-order valence-electron chi connectivity index (χ1n) is 10.6. The Labute approximate surface area is 185 Å². The Hall–Kier alpha value is -2.99. The highest BCUT2D eigenvalue weighted by Gasteiger charge is 2.34. The maximum Gasteiger partial charge on any atom is 0.248 e. The fourth-order valence-electron chi connectivity index (χ4n) is 4.09. The van der Waals surface area contributed by atoms with E-state index in [2.05, 4.69) is 5.32 Å². The SMILES string of the molecule is O=C(NC1CCCC1)C(c1ccccc1)N(C(=O)Cc1cccs1)c1ccc(F)cc1. The molecule has 1 unspecified atom stereocenters. The van der Waals surface area contributed by atoms with Gasteiger partial charge in [-0.1, -0.05) is 49.2 Å². The molecule has 0 bridgehead atoms.